The summed E-state index contributed by atoms with van der Waals surface area (Å²) in [5, 5.41) is 2.81. The molecule has 1 aliphatic heterocycles. The van der Waals surface area contributed by atoms with Crippen molar-refractivity contribution in [1.82, 2.24) is 10.2 Å². The van der Waals surface area contributed by atoms with Gasteiger partial charge in [0.25, 0.3) is 0 Å². The van der Waals surface area contributed by atoms with Crippen molar-refractivity contribution in [3.8, 4) is 0 Å². The average Bonchev–Trinajstić information content (AvgIpc) is 2.60. The highest BCUT2D eigenvalue weighted by molar-refractivity contribution is 5.77. The van der Waals surface area contributed by atoms with Gasteiger partial charge in [-0.05, 0) is 63.8 Å². The van der Waals surface area contributed by atoms with Gasteiger partial charge in [0.1, 0.15) is 17.5 Å². The zero-order chi connectivity index (χ0) is 20.0. The van der Waals surface area contributed by atoms with Gasteiger partial charge in [0.05, 0.1) is 7.11 Å². The lowest BCUT2D eigenvalue weighted by molar-refractivity contribution is -0.148. The molecule has 150 valence electrons. The highest BCUT2D eigenvalue weighted by atomic mass is 19.1. The van der Waals surface area contributed by atoms with Gasteiger partial charge in [0, 0.05) is 13.1 Å². The molecular weight excluding hydrogens is 351 g/mol. The number of alkyl carbamates (subject to hydrolysis) is 1. The van der Waals surface area contributed by atoms with Crippen LogP contribution in [0.25, 0.3) is 0 Å². The molecule has 2 unspecified atom stereocenters. The van der Waals surface area contributed by atoms with Crippen molar-refractivity contribution < 1.29 is 23.5 Å². The topological polar surface area (TPSA) is 67.9 Å². The lowest BCUT2D eigenvalue weighted by Crippen LogP contribution is -2.45. The number of halogens is 1. The Morgan fingerprint density at radius 2 is 1.96 bits per heavy atom. The number of hydrogen-bond acceptors (Lipinski definition) is 5. The molecule has 1 N–H and O–H groups in total. The molecule has 1 heterocycles. The van der Waals surface area contributed by atoms with E-state index >= 15 is 0 Å². The Hall–Kier alpha value is -2.15. The highest BCUT2D eigenvalue weighted by Crippen LogP contribution is 2.28. The van der Waals surface area contributed by atoms with Crippen LogP contribution in [-0.4, -0.2) is 49.3 Å². The first-order valence-corrected chi connectivity index (χ1v) is 9.24. The number of carbonyl (C=O) groups excluding carboxylic acids is 2. The molecule has 2 atom stereocenters. The number of carbonyl (C=O) groups is 2. The number of esters is 1. The zero-order valence-electron chi connectivity index (χ0n) is 16.5. The van der Waals surface area contributed by atoms with Gasteiger partial charge in [-0.3, -0.25) is 4.90 Å². The third-order valence-corrected chi connectivity index (χ3v) is 4.46. The van der Waals surface area contributed by atoms with Gasteiger partial charge in [0.2, 0.25) is 0 Å². The summed E-state index contributed by atoms with van der Waals surface area (Å²) < 4.78 is 23.5. The average molecular weight is 380 g/mol. The predicted octanol–water partition coefficient (Wildman–Crippen LogP) is 3.28. The molecule has 6 nitrogen and oxygen atoms in total. The number of rotatable bonds is 5. The standard InChI is InChI=1S/C20H29FN2O4/c1-20(2,3)27-19(25)22-12-14-6-5-11-23(13-14)17(18(24)26-4)15-7-9-16(21)10-8-15/h7-10,14,17H,5-6,11-13H2,1-4H3,(H,22,25). The first-order valence-electron chi connectivity index (χ1n) is 9.24. The van der Waals surface area contributed by atoms with E-state index in [1.165, 1.54) is 19.2 Å². The molecule has 2 rings (SSSR count). The van der Waals surface area contributed by atoms with E-state index in [2.05, 4.69) is 5.32 Å². The summed E-state index contributed by atoms with van der Waals surface area (Å²) in [5.41, 5.74) is 0.158. The van der Waals surface area contributed by atoms with E-state index in [0.29, 0.717) is 18.7 Å². The second-order valence-electron chi connectivity index (χ2n) is 7.86. The molecule has 0 aliphatic carbocycles. The molecule has 0 radical (unpaired) electrons. The first-order chi connectivity index (χ1) is 12.7. The number of piperidine rings is 1. The Balaban J connectivity index is 2.02. The van der Waals surface area contributed by atoms with Gasteiger partial charge in [0.15, 0.2) is 0 Å². The number of methoxy groups -OCH3 is 1. The molecule has 7 heteroatoms. The molecule has 1 aromatic carbocycles. The van der Waals surface area contributed by atoms with Crippen LogP contribution in [0.15, 0.2) is 24.3 Å². The number of ether oxygens (including phenoxy) is 2. The fourth-order valence-electron chi connectivity index (χ4n) is 3.29. The first kappa shape index (κ1) is 21.2. The molecule has 0 bridgehead atoms. The number of nitrogens with zero attached hydrogens (tertiary/aromatic N) is 1. The predicted molar refractivity (Wildman–Crippen MR) is 99.7 cm³/mol. The normalized spacial score (nSPS) is 19.2. The lowest BCUT2D eigenvalue weighted by atomic mass is 9.94. The number of amides is 1. The van der Waals surface area contributed by atoms with Crippen molar-refractivity contribution in [2.45, 2.75) is 45.3 Å². The van der Waals surface area contributed by atoms with Crippen LogP contribution < -0.4 is 5.32 Å². The summed E-state index contributed by atoms with van der Waals surface area (Å²) >= 11 is 0. The monoisotopic (exact) mass is 380 g/mol. The molecule has 27 heavy (non-hydrogen) atoms. The third-order valence-electron chi connectivity index (χ3n) is 4.46. The maximum atomic E-state index is 13.2. The molecular formula is C20H29FN2O4. The van der Waals surface area contributed by atoms with E-state index in [1.807, 2.05) is 25.7 Å². The number of likely N-dealkylation sites (tertiary alicyclic amines) is 1. The molecule has 0 spiro atoms. The zero-order valence-corrected chi connectivity index (χ0v) is 16.5. The number of hydrogen-bond donors (Lipinski definition) is 1. The molecule has 1 amide bonds. The van der Waals surface area contributed by atoms with Gasteiger partial charge in [-0.25, -0.2) is 14.0 Å². The van der Waals surface area contributed by atoms with Crippen LogP contribution in [0.5, 0.6) is 0 Å². The van der Waals surface area contributed by atoms with Crippen LogP contribution in [0, 0.1) is 11.7 Å². The van der Waals surface area contributed by atoms with Gasteiger partial charge in [-0.1, -0.05) is 12.1 Å². The van der Waals surface area contributed by atoms with E-state index < -0.39 is 17.7 Å². The van der Waals surface area contributed by atoms with Crippen molar-refractivity contribution >= 4 is 12.1 Å². The van der Waals surface area contributed by atoms with Crippen LogP contribution in [0.4, 0.5) is 9.18 Å². The van der Waals surface area contributed by atoms with Crippen LogP contribution in [0.3, 0.4) is 0 Å². The highest BCUT2D eigenvalue weighted by Gasteiger charge is 2.32. The van der Waals surface area contributed by atoms with Crippen LogP contribution in [0.2, 0.25) is 0 Å². The molecule has 0 aromatic heterocycles. The van der Waals surface area contributed by atoms with Crippen LogP contribution in [-0.2, 0) is 14.3 Å². The summed E-state index contributed by atoms with van der Waals surface area (Å²) in [6.07, 6.45) is 1.40. The Kier molecular flexibility index (Phi) is 7.18. The second kappa shape index (κ2) is 9.17. The van der Waals surface area contributed by atoms with Crippen molar-refractivity contribution in [1.29, 1.82) is 0 Å². The fourth-order valence-corrected chi connectivity index (χ4v) is 3.29. The fraction of sp³-hybridized carbons (Fsp3) is 0.600. The lowest BCUT2D eigenvalue weighted by Gasteiger charge is -2.37. The minimum absolute atomic E-state index is 0.193. The molecule has 0 saturated carbocycles. The van der Waals surface area contributed by atoms with Gasteiger partial charge >= 0.3 is 12.1 Å². The summed E-state index contributed by atoms with van der Waals surface area (Å²) in [6, 6.07) is 5.33. The van der Waals surface area contributed by atoms with E-state index in [4.69, 9.17) is 9.47 Å². The smallest absolute Gasteiger partial charge is 0.407 e. The van der Waals surface area contributed by atoms with E-state index in [0.717, 1.165) is 19.4 Å². The summed E-state index contributed by atoms with van der Waals surface area (Å²) in [5.74, 6) is -0.526. The van der Waals surface area contributed by atoms with E-state index in [-0.39, 0.29) is 17.7 Å². The minimum Gasteiger partial charge on any atom is -0.468 e. The van der Waals surface area contributed by atoms with Gasteiger partial charge in [-0.2, -0.15) is 0 Å². The molecule has 1 aromatic rings. The number of benzene rings is 1. The van der Waals surface area contributed by atoms with Crippen molar-refractivity contribution in [2.75, 3.05) is 26.7 Å². The minimum atomic E-state index is -0.583. The van der Waals surface area contributed by atoms with E-state index in [9.17, 15) is 14.0 Å². The molecule has 1 saturated heterocycles. The van der Waals surface area contributed by atoms with Crippen molar-refractivity contribution in [2.24, 2.45) is 5.92 Å². The Bertz CT molecular complexity index is 642. The maximum Gasteiger partial charge on any atom is 0.407 e. The Morgan fingerprint density at radius 3 is 2.56 bits per heavy atom. The summed E-state index contributed by atoms with van der Waals surface area (Å²) in [6.45, 7) is 7.30. The molecule has 1 fully saturated rings. The second-order valence-corrected chi connectivity index (χ2v) is 7.86. The Labute approximate surface area is 160 Å². The summed E-state index contributed by atoms with van der Waals surface area (Å²) in [7, 11) is 1.35. The SMILES string of the molecule is COC(=O)C(c1ccc(F)cc1)N1CCCC(CNC(=O)OC(C)(C)C)C1. The van der Waals surface area contributed by atoms with Crippen LogP contribution >= 0.6 is 0 Å². The van der Waals surface area contributed by atoms with Gasteiger partial charge in [-0.15, -0.1) is 0 Å². The third kappa shape index (κ3) is 6.50. The quantitative estimate of drug-likeness (QED) is 0.794. The van der Waals surface area contributed by atoms with Crippen molar-refractivity contribution in [3.05, 3.63) is 35.6 Å². The van der Waals surface area contributed by atoms with Crippen molar-refractivity contribution in [3.63, 3.8) is 0 Å². The molecule has 1 aliphatic rings. The largest absolute Gasteiger partial charge is 0.468 e. The van der Waals surface area contributed by atoms with Crippen LogP contribution in [0.1, 0.15) is 45.2 Å². The van der Waals surface area contributed by atoms with Gasteiger partial charge < -0.3 is 14.8 Å². The van der Waals surface area contributed by atoms with E-state index in [1.54, 1.807) is 12.1 Å². The number of nitrogens with one attached hydrogen (secondary N) is 1. The Morgan fingerprint density at radius 1 is 1.30 bits per heavy atom. The summed E-state index contributed by atoms with van der Waals surface area (Å²) in [4.78, 5) is 26.3. The maximum absolute atomic E-state index is 13.2.